The van der Waals surface area contributed by atoms with Crippen molar-refractivity contribution in [2.24, 2.45) is 5.92 Å². The molecular weight excluding hydrogens is 508 g/mol. The number of hydrogen-bond acceptors (Lipinski definition) is 7. The molecular formula is C27H25F2N7O3. The number of halogens is 2. The summed E-state index contributed by atoms with van der Waals surface area (Å²) in [5.41, 5.74) is 10.2. The molecule has 0 bridgehead atoms. The number of nitrogens with one attached hydrogen (secondary N) is 2. The number of fused-ring (bicyclic) bond motifs is 1. The van der Waals surface area contributed by atoms with Crippen LogP contribution in [0.3, 0.4) is 0 Å². The molecule has 2 aromatic heterocycles. The highest BCUT2D eigenvalue weighted by Gasteiger charge is 2.45. The van der Waals surface area contributed by atoms with Gasteiger partial charge in [0, 0.05) is 36.1 Å². The van der Waals surface area contributed by atoms with E-state index in [0.717, 1.165) is 5.56 Å². The van der Waals surface area contributed by atoms with E-state index in [1.807, 2.05) is 0 Å². The van der Waals surface area contributed by atoms with Gasteiger partial charge in [-0.2, -0.15) is 0 Å². The van der Waals surface area contributed by atoms with Crippen LogP contribution in [0.25, 0.3) is 27.9 Å². The van der Waals surface area contributed by atoms with Crippen molar-refractivity contribution in [3.05, 3.63) is 61.4 Å². The molecule has 2 amide bonds. The van der Waals surface area contributed by atoms with Crippen LogP contribution in [-0.2, 0) is 9.59 Å². The van der Waals surface area contributed by atoms with Crippen molar-refractivity contribution in [3.63, 3.8) is 0 Å². The lowest BCUT2D eigenvalue weighted by Crippen LogP contribution is -2.37. The fourth-order valence-corrected chi connectivity index (χ4v) is 4.64. The van der Waals surface area contributed by atoms with Crippen molar-refractivity contribution in [2.75, 3.05) is 23.5 Å². The Morgan fingerprint density at radius 2 is 1.90 bits per heavy atom. The molecule has 39 heavy (non-hydrogen) atoms. The van der Waals surface area contributed by atoms with E-state index >= 15 is 0 Å². The molecule has 1 aliphatic rings. The Hall–Kier alpha value is -4.87. The van der Waals surface area contributed by atoms with Crippen molar-refractivity contribution < 1.29 is 23.1 Å². The van der Waals surface area contributed by atoms with Crippen LogP contribution in [-0.4, -0.2) is 44.7 Å². The molecule has 1 aliphatic carbocycles. The monoisotopic (exact) mass is 533 g/mol. The Morgan fingerprint density at radius 3 is 2.56 bits per heavy atom. The number of nitrogens with two attached hydrogens (primary N) is 1. The molecule has 4 aromatic rings. The minimum absolute atomic E-state index is 0.00974. The number of nitrogens with zero attached hydrogens (tertiary/aromatic N) is 4. The predicted molar refractivity (Wildman–Crippen MR) is 142 cm³/mol. The van der Waals surface area contributed by atoms with Gasteiger partial charge in [0.25, 0.3) is 0 Å². The van der Waals surface area contributed by atoms with Crippen LogP contribution in [0.4, 0.5) is 26.0 Å². The predicted octanol–water partition coefficient (Wildman–Crippen LogP) is 4.55. The minimum Gasteiger partial charge on any atom is -0.495 e. The topological polar surface area (TPSA) is 137 Å². The van der Waals surface area contributed by atoms with Crippen LogP contribution >= 0.6 is 0 Å². The van der Waals surface area contributed by atoms with Crippen LogP contribution in [0.2, 0.25) is 0 Å². The second-order valence-electron chi connectivity index (χ2n) is 9.28. The molecule has 0 unspecified atom stereocenters. The van der Waals surface area contributed by atoms with E-state index in [0.29, 0.717) is 39.5 Å². The molecule has 12 heteroatoms. The normalized spacial score (nSPS) is 14.4. The lowest BCUT2D eigenvalue weighted by atomic mass is 9.79. The first-order valence-corrected chi connectivity index (χ1v) is 12.1. The molecule has 0 spiro atoms. The van der Waals surface area contributed by atoms with E-state index in [1.54, 1.807) is 42.5 Å². The summed E-state index contributed by atoms with van der Waals surface area (Å²) in [5.74, 6) is -3.14. The summed E-state index contributed by atoms with van der Waals surface area (Å²) in [6, 6.07) is 12.2. The standard InChI is InChI=1S/C27H25F2N7O3/c1-3-21(37)33-18-7-4-16(5-8-18)24-23(25-26(30)31-14-32-36(25)35-24)17-6-9-19(20(11-17)39-2)34-22(38)10-15-12-27(28,29)13-15/h3-9,11,14-15H,1,10,12-13H2,2H3,(H,33,37)(H,34,38)(H2,30,31,32). The first kappa shape index (κ1) is 25.8. The zero-order chi connectivity index (χ0) is 27.7. The Labute approximate surface area is 221 Å². The summed E-state index contributed by atoms with van der Waals surface area (Å²) in [6.07, 6.45) is 1.93. The molecule has 200 valence electrons. The third-order valence-electron chi connectivity index (χ3n) is 6.49. The van der Waals surface area contributed by atoms with Gasteiger partial charge in [-0.05, 0) is 41.8 Å². The van der Waals surface area contributed by atoms with Crippen LogP contribution in [0.15, 0.2) is 61.4 Å². The first-order valence-electron chi connectivity index (χ1n) is 12.1. The summed E-state index contributed by atoms with van der Waals surface area (Å²) in [4.78, 5) is 28.2. The van der Waals surface area contributed by atoms with Crippen molar-refractivity contribution in [3.8, 4) is 28.1 Å². The summed E-state index contributed by atoms with van der Waals surface area (Å²) in [7, 11) is 1.46. The van der Waals surface area contributed by atoms with Gasteiger partial charge in [0.15, 0.2) is 5.82 Å². The highest BCUT2D eigenvalue weighted by molar-refractivity contribution is 6.00. The first-order chi connectivity index (χ1) is 18.7. The highest BCUT2D eigenvalue weighted by Crippen LogP contribution is 2.44. The Balaban J connectivity index is 1.49. The zero-order valence-electron chi connectivity index (χ0n) is 20.9. The summed E-state index contributed by atoms with van der Waals surface area (Å²) < 4.78 is 33.2. The van der Waals surface area contributed by atoms with E-state index in [1.165, 1.54) is 24.1 Å². The van der Waals surface area contributed by atoms with Crippen molar-refractivity contribution in [1.29, 1.82) is 0 Å². The zero-order valence-corrected chi connectivity index (χ0v) is 20.9. The van der Waals surface area contributed by atoms with Crippen molar-refractivity contribution >= 4 is 34.5 Å². The molecule has 1 saturated carbocycles. The fraction of sp³-hybridized carbons (Fsp3) is 0.222. The van der Waals surface area contributed by atoms with Gasteiger partial charge >= 0.3 is 0 Å². The smallest absolute Gasteiger partial charge is 0.248 e. The van der Waals surface area contributed by atoms with Gasteiger partial charge in [-0.15, -0.1) is 14.8 Å². The Bertz CT molecular complexity index is 1580. The van der Waals surface area contributed by atoms with E-state index in [4.69, 9.17) is 10.5 Å². The molecule has 4 N–H and O–H groups in total. The molecule has 0 atom stereocenters. The number of amides is 2. The number of rotatable bonds is 8. The second kappa shape index (κ2) is 10.1. The summed E-state index contributed by atoms with van der Waals surface area (Å²) >= 11 is 0. The third-order valence-corrected chi connectivity index (χ3v) is 6.49. The number of benzene rings is 2. The second-order valence-corrected chi connectivity index (χ2v) is 9.28. The van der Waals surface area contributed by atoms with Crippen molar-refractivity contribution in [2.45, 2.75) is 25.2 Å². The fourth-order valence-electron chi connectivity index (χ4n) is 4.64. The molecule has 0 aliphatic heterocycles. The van der Waals surface area contributed by atoms with E-state index < -0.39 is 5.92 Å². The third kappa shape index (κ3) is 5.26. The average Bonchev–Trinajstić information content (AvgIpc) is 3.29. The van der Waals surface area contributed by atoms with Gasteiger partial charge in [0.1, 0.15) is 23.3 Å². The molecule has 0 saturated heterocycles. The van der Waals surface area contributed by atoms with Gasteiger partial charge in [0.2, 0.25) is 17.7 Å². The van der Waals surface area contributed by atoms with E-state index in [-0.39, 0.29) is 42.8 Å². The largest absolute Gasteiger partial charge is 0.495 e. The maximum Gasteiger partial charge on any atom is 0.248 e. The van der Waals surface area contributed by atoms with Crippen LogP contribution in [0, 0.1) is 5.92 Å². The highest BCUT2D eigenvalue weighted by atomic mass is 19.3. The lowest BCUT2D eigenvalue weighted by Gasteiger charge is -2.34. The molecule has 2 heterocycles. The average molecular weight is 534 g/mol. The Morgan fingerprint density at radius 1 is 1.18 bits per heavy atom. The number of ether oxygens (including phenoxy) is 1. The van der Waals surface area contributed by atoms with E-state index in [2.05, 4.69) is 32.4 Å². The summed E-state index contributed by atoms with van der Waals surface area (Å²) in [6.45, 7) is 3.45. The van der Waals surface area contributed by atoms with Gasteiger partial charge in [-0.3, -0.25) is 9.59 Å². The summed E-state index contributed by atoms with van der Waals surface area (Å²) in [5, 5.41) is 14.3. The van der Waals surface area contributed by atoms with Gasteiger partial charge in [-0.1, -0.05) is 24.8 Å². The minimum atomic E-state index is -2.68. The Kier molecular flexibility index (Phi) is 6.69. The SMILES string of the molecule is C=CC(=O)Nc1ccc(-c2nn3ncnc(N)c3c2-c2ccc(NC(=O)CC3CC(F)(F)C3)c(OC)c2)cc1. The van der Waals surface area contributed by atoms with Crippen LogP contribution in [0.1, 0.15) is 19.3 Å². The quantitative estimate of drug-likeness (QED) is 0.283. The number of carbonyl (C=O) groups excluding carboxylic acids is 2. The van der Waals surface area contributed by atoms with E-state index in [9.17, 15) is 18.4 Å². The van der Waals surface area contributed by atoms with Gasteiger partial charge in [-0.25, -0.2) is 13.8 Å². The molecule has 10 nitrogen and oxygen atoms in total. The molecule has 5 rings (SSSR count). The number of alkyl halides is 2. The van der Waals surface area contributed by atoms with Crippen LogP contribution < -0.4 is 21.1 Å². The number of hydrogen-bond donors (Lipinski definition) is 3. The number of nitrogen functional groups attached to an aromatic ring is 1. The number of methoxy groups -OCH3 is 1. The number of aromatic nitrogens is 4. The number of carbonyl (C=O) groups is 2. The van der Waals surface area contributed by atoms with Crippen LogP contribution in [0.5, 0.6) is 5.75 Å². The molecule has 1 fully saturated rings. The van der Waals surface area contributed by atoms with Gasteiger partial charge < -0.3 is 21.1 Å². The van der Waals surface area contributed by atoms with Crippen molar-refractivity contribution in [1.82, 2.24) is 19.8 Å². The molecule has 2 aromatic carbocycles. The maximum atomic E-state index is 13.1. The van der Waals surface area contributed by atoms with Gasteiger partial charge in [0.05, 0.1) is 12.8 Å². The molecule has 0 radical (unpaired) electrons. The lowest BCUT2D eigenvalue weighted by molar-refractivity contribution is -0.129. The maximum absolute atomic E-state index is 13.1. The number of anilines is 3.